The summed E-state index contributed by atoms with van der Waals surface area (Å²) in [4.78, 5) is 65.2. The van der Waals surface area contributed by atoms with Crippen molar-refractivity contribution >= 4 is 29.6 Å². The molecule has 0 fully saturated rings. The van der Waals surface area contributed by atoms with E-state index in [1.165, 1.54) is 25.3 Å². The van der Waals surface area contributed by atoms with Gasteiger partial charge in [0.2, 0.25) is 11.8 Å². The Kier molecular flexibility index (Phi) is 13.9. The standard InChI is InChI=1S/C35H45FN4O6/c1-22(2)32(34(44)46-4)40-35(45)39-29(19-24-11-9-10-23(3)18-24)30(41)21-26-13-7-8-17-37-31(42)16-15-27(38-33(26)43)20-25-12-5-6-14-28(25)36/h5-6,9-12,14-16,18,22,26-27,29,32H,7-8,13,17,19-21H2,1-4H3,(H,37,42)(H,38,43)(H2,39,40,45)/b16-15+/t26?,27-,29+,32+/m1/s1. The lowest BCUT2D eigenvalue weighted by molar-refractivity contribution is -0.144. The molecule has 0 aliphatic carbocycles. The number of ether oxygens (including phenoxy) is 1. The highest BCUT2D eigenvalue weighted by atomic mass is 19.1. The number of Topliss-reactive ketones (excluding diaryl/α,β-unsaturated/α-hetero) is 1. The Morgan fingerprint density at radius 3 is 2.50 bits per heavy atom. The van der Waals surface area contributed by atoms with Crippen LogP contribution in [-0.2, 0) is 36.8 Å². The summed E-state index contributed by atoms with van der Waals surface area (Å²) in [5.41, 5.74) is 2.18. The maximum Gasteiger partial charge on any atom is 0.328 e. The van der Waals surface area contributed by atoms with Crippen LogP contribution in [0.2, 0.25) is 0 Å². The molecule has 0 aromatic heterocycles. The van der Waals surface area contributed by atoms with Gasteiger partial charge in [0.05, 0.1) is 19.2 Å². The molecule has 2 aromatic rings. The van der Waals surface area contributed by atoms with Crippen LogP contribution in [0.4, 0.5) is 9.18 Å². The molecular weight excluding hydrogens is 591 g/mol. The minimum absolute atomic E-state index is 0.109. The Bertz CT molecular complexity index is 1410. The lowest BCUT2D eigenvalue weighted by atomic mass is 9.90. The lowest BCUT2D eigenvalue weighted by Crippen LogP contribution is -2.53. The quantitative estimate of drug-likeness (QED) is 0.277. The molecule has 0 bridgehead atoms. The number of aryl methyl sites for hydroxylation is 1. The number of benzene rings is 2. The highest BCUT2D eigenvalue weighted by Crippen LogP contribution is 2.19. The van der Waals surface area contributed by atoms with E-state index >= 15 is 0 Å². The predicted molar refractivity (Wildman–Crippen MR) is 172 cm³/mol. The van der Waals surface area contributed by atoms with E-state index in [9.17, 15) is 28.4 Å². The number of esters is 1. The van der Waals surface area contributed by atoms with Gasteiger partial charge in [-0.15, -0.1) is 0 Å². The van der Waals surface area contributed by atoms with Gasteiger partial charge in [-0.3, -0.25) is 14.4 Å². The molecule has 1 heterocycles. The zero-order valence-electron chi connectivity index (χ0n) is 26.9. The Balaban J connectivity index is 1.83. The van der Waals surface area contributed by atoms with Crippen LogP contribution in [0.15, 0.2) is 60.7 Å². The largest absolute Gasteiger partial charge is 0.467 e. The first-order valence-corrected chi connectivity index (χ1v) is 15.7. The zero-order valence-corrected chi connectivity index (χ0v) is 26.9. The van der Waals surface area contributed by atoms with Crippen molar-refractivity contribution in [3.8, 4) is 0 Å². The molecule has 1 aliphatic rings. The number of methoxy groups -OCH3 is 1. The van der Waals surface area contributed by atoms with Crippen molar-refractivity contribution in [1.82, 2.24) is 21.3 Å². The van der Waals surface area contributed by atoms with Gasteiger partial charge in [-0.05, 0) is 55.7 Å². The monoisotopic (exact) mass is 636 g/mol. The van der Waals surface area contributed by atoms with E-state index in [1.54, 1.807) is 32.0 Å². The van der Waals surface area contributed by atoms with Crippen LogP contribution in [0.1, 0.15) is 56.2 Å². The Labute approximate surface area is 269 Å². The van der Waals surface area contributed by atoms with Crippen LogP contribution in [0, 0.1) is 24.6 Å². The highest BCUT2D eigenvalue weighted by Gasteiger charge is 2.31. The van der Waals surface area contributed by atoms with Crippen LogP contribution in [0.5, 0.6) is 0 Å². The molecule has 10 nitrogen and oxygen atoms in total. The molecule has 1 unspecified atom stereocenters. The van der Waals surface area contributed by atoms with E-state index in [-0.39, 0.29) is 36.9 Å². The molecular formula is C35H45FN4O6. The van der Waals surface area contributed by atoms with E-state index in [4.69, 9.17) is 4.74 Å². The Morgan fingerprint density at radius 1 is 1.04 bits per heavy atom. The van der Waals surface area contributed by atoms with E-state index in [0.717, 1.165) is 11.1 Å². The van der Waals surface area contributed by atoms with Gasteiger partial charge in [-0.1, -0.05) is 74.4 Å². The zero-order chi connectivity index (χ0) is 33.6. The summed E-state index contributed by atoms with van der Waals surface area (Å²) in [6.07, 6.45) is 4.52. The molecule has 4 amide bonds. The van der Waals surface area contributed by atoms with Gasteiger partial charge in [0.15, 0.2) is 5.78 Å². The van der Waals surface area contributed by atoms with Crippen molar-refractivity contribution in [3.05, 3.63) is 83.2 Å². The number of amides is 4. The number of nitrogens with one attached hydrogen (secondary N) is 4. The van der Waals surface area contributed by atoms with Gasteiger partial charge in [-0.2, -0.15) is 0 Å². The third-order valence-corrected chi connectivity index (χ3v) is 7.93. The first kappa shape index (κ1) is 35.9. The molecule has 1 aliphatic heterocycles. The van der Waals surface area contributed by atoms with Gasteiger partial charge >= 0.3 is 12.0 Å². The van der Waals surface area contributed by atoms with Crippen LogP contribution >= 0.6 is 0 Å². The maximum absolute atomic E-state index is 14.5. The predicted octanol–water partition coefficient (Wildman–Crippen LogP) is 3.70. The number of rotatable bonds is 11. The minimum Gasteiger partial charge on any atom is -0.467 e. The van der Waals surface area contributed by atoms with E-state index < -0.39 is 47.8 Å². The van der Waals surface area contributed by atoms with Crippen LogP contribution in [0.3, 0.4) is 0 Å². The number of carbonyl (C=O) groups excluding carboxylic acids is 5. The summed E-state index contributed by atoms with van der Waals surface area (Å²) in [5, 5.41) is 11.1. The summed E-state index contributed by atoms with van der Waals surface area (Å²) in [7, 11) is 1.24. The molecule has 4 atom stereocenters. The first-order valence-electron chi connectivity index (χ1n) is 15.7. The number of hydrogen-bond donors (Lipinski definition) is 4. The molecule has 2 aromatic carbocycles. The summed E-state index contributed by atoms with van der Waals surface area (Å²) in [5.74, 6) is -3.09. The first-order chi connectivity index (χ1) is 22.0. The second-order valence-corrected chi connectivity index (χ2v) is 12.0. The molecule has 4 N–H and O–H groups in total. The number of ketones is 1. The third kappa shape index (κ3) is 11.4. The molecule has 11 heteroatoms. The van der Waals surface area contributed by atoms with Crippen molar-refractivity contribution < 1.29 is 33.1 Å². The smallest absolute Gasteiger partial charge is 0.328 e. The van der Waals surface area contributed by atoms with Gasteiger partial charge in [0, 0.05) is 25.0 Å². The van der Waals surface area contributed by atoms with Crippen LogP contribution in [0.25, 0.3) is 0 Å². The van der Waals surface area contributed by atoms with Crippen molar-refractivity contribution in [3.63, 3.8) is 0 Å². The fraction of sp³-hybridized carbons (Fsp3) is 0.457. The second-order valence-electron chi connectivity index (χ2n) is 12.0. The molecule has 46 heavy (non-hydrogen) atoms. The second kappa shape index (κ2) is 17.8. The summed E-state index contributed by atoms with van der Waals surface area (Å²) >= 11 is 0. The fourth-order valence-electron chi connectivity index (χ4n) is 5.36. The van der Waals surface area contributed by atoms with Gasteiger partial charge in [0.1, 0.15) is 11.9 Å². The average Bonchev–Trinajstić information content (AvgIpc) is 3.01. The summed E-state index contributed by atoms with van der Waals surface area (Å²) < 4.78 is 19.3. The van der Waals surface area contributed by atoms with Crippen LogP contribution in [-0.4, -0.2) is 61.4 Å². The third-order valence-electron chi connectivity index (χ3n) is 7.93. The normalized spacial score (nSPS) is 19.3. The molecule has 0 radical (unpaired) electrons. The van der Waals surface area contributed by atoms with E-state index in [1.807, 2.05) is 31.2 Å². The van der Waals surface area contributed by atoms with Crippen molar-refractivity contribution in [2.75, 3.05) is 13.7 Å². The van der Waals surface area contributed by atoms with Gasteiger partial charge in [-0.25, -0.2) is 14.0 Å². The SMILES string of the molecule is COC(=O)[C@@H](NC(=O)N[C@@H](Cc1cccc(C)c1)C(=O)CC1CCCCNC(=O)/C=C/[C@H](Cc2ccccc2F)NC1=O)C(C)C. The molecule has 3 rings (SSSR count). The Hall–Kier alpha value is -4.54. The molecule has 0 spiro atoms. The topological polar surface area (TPSA) is 143 Å². The maximum atomic E-state index is 14.5. The minimum atomic E-state index is -0.991. The fourth-order valence-corrected chi connectivity index (χ4v) is 5.36. The highest BCUT2D eigenvalue weighted by molar-refractivity contribution is 5.93. The van der Waals surface area contributed by atoms with E-state index in [2.05, 4.69) is 21.3 Å². The van der Waals surface area contributed by atoms with Crippen molar-refractivity contribution in [1.29, 1.82) is 0 Å². The van der Waals surface area contributed by atoms with Crippen molar-refractivity contribution in [2.24, 2.45) is 11.8 Å². The molecule has 248 valence electrons. The molecule has 0 saturated heterocycles. The lowest BCUT2D eigenvalue weighted by Gasteiger charge is -2.25. The number of carbonyl (C=O) groups is 5. The average molecular weight is 637 g/mol. The summed E-state index contributed by atoms with van der Waals surface area (Å²) in [6, 6.07) is 10.5. The van der Waals surface area contributed by atoms with Crippen molar-refractivity contribution in [2.45, 2.75) is 77.4 Å². The number of halogens is 1. The van der Waals surface area contributed by atoms with Crippen LogP contribution < -0.4 is 21.3 Å². The van der Waals surface area contributed by atoms with Gasteiger partial charge in [0.25, 0.3) is 0 Å². The molecule has 0 saturated carbocycles. The number of hydrogen-bond acceptors (Lipinski definition) is 6. The van der Waals surface area contributed by atoms with Gasteiger partial charge < -0.3 is 26.0 Å². The Morgan fingerprint density at radius 2 is 1.80 bits per heavy atom. The number of urea groups is 1. The summed E-state index contributed by atoms with van der Waals surface area (Å²) in [6.45, 7) is 5.85. The van der Waals surface area contributed by atoms with E-state index in [0.29, 0.717) is 31.4 Å².